The first-order chi connectivity index (χ1) is 26.0. The highest BCUT2D eigenvalue weighted by Crippen LogP contribution is 2.34. The number of ether oxygens (including phenoxy) is 1. The van der Waals surface area contributed by atoms with E-state index in [1.165, 1.54) is 0 Å². The molecule has 0 fully saturated rings. The molecule has 0 unspecified atom stereocenters. The number of benzene rings is 6. The Morgan fingerprint density at radius 1 is 0.604 bits per heavy atom. The second kappa shape index (κ2) is 18.7. The number of methoxy groups -OCH3 is 1. The molecule has 53 heavy (non-hydrogen) atoms. The van der Waals surface area contributed by atoms with Crippen molar-refractivity contribution in [2.24, 2.45) is 0 Å². The van der Waals surface area contributed by atoms with E-state index in [1.807, 2.05) is 97.1 Å². The van der Waals surface area contributed by atoms with Crippen molar-refractivity contribution in [3.05, 3.63) is 227 Å². The van der Waals surface area contributed by atoms with Gasteiger partial charge in [-0.2, -0.15) is 0 Å². The largest absolute Gasteiger partial charge is 0.496 e. The van der Waals surface area contributed by atoms with Gasteiger partial charge in [-0.15, -0.1) is 0 Å². The molecule has 0 radical (unpaired) electrons. The van der Waals surface area contributed by atoms with E-state index in [0.717, 1.165) is 56.0 Å². The van der Waals surface area contributed by atoms with E-state index in [1.54, 1.807) is 37.5 Å². The lowest BCUT2D eigenvalue weighted by atomic mass is 10.0. The summed E-state index contributed by atoms with van der Waals surface area (Å²) in [4.78, 5) is 9.56. The molecule has 0 bridgehead atoms. The van der Waals surface area contributed by atoms with Gasteiger partial charge in [0.1, 0.15) is 5.75 Å². The predicted molar refractivity (Wildman–Crippen MR) is 222 cm³/mol. The van der Waals surface area contributed by atoms with E-state index in [0.29, 0.717) is 17.1 Å². The highest BCUT2D eigenvalue weighted by Gasteiger charge is 2.12. The van der Waals surface area contributed by atoms with Gasteiger partial charge < -0.3 is 14.7 Å². The van der Waals surface area contributed by atoms with Crippen LogP contribution in [-0.4, -0.2) is 12.2 Å². The van der Waals surface area contributed by atoms with Crippen molar-refractivity contribution in [1.82, 2.24) is 0 Å². The first-order valence-electron chi connectivity index (χ1n) is 16.9. The molecule has 6 rings (SSSR count). The molecule has 1 N–H and O–H groups in total. The summed E-state index contributed by atoms with van der Waals surface area (Å²) in [5, 5.41) is 9.26. The van der Waals surface area contributed by atoms with Crippen molar-refractivity contribution < 1.29 is 9.84 Å². The summed E-state index contributed by atoms with van der Waals surface area (Å²) in [7, 11) is 1.59. The maximum absolute atomic E-state index is 9.26. The van der Waals surface area contributed by atoms with Crippen molar-refractivity contribution in [2.45, 2.75) is 6.61 Å². The number of anilines is 3. The molecule has 0 aliphatic carbocycles. The predicted octanol–water partition coefficient (Wildman–Crippen LogP) is 12.5. The Labute approximate surface area is 312 Å². The lowest BCUT2D eigenvalue weighted by Crippen LogP contribution is -2.09. The van der Waals surface area contributed by atoms with E-state index in [9.17, 15) is 5.11 Å². The molecule has 6 aromatic carbocycles. The first-order valence-corrected chi connectivity index (χ1v) is 16.9. The highest BCUT2D eigenvalue weighted by atomic mass is 16.5. The number of rotatable bonds is 11. The fourth-order valence-electron chi connectivity index (χ4n) is 5.56. The van der Waals surface area contributed by atoms with Crippen LogP contribution in [0.25, 0.3) is 45.4 Å². The number of aliphatic hydroxyl groups is 1. The van der Waals surface area contributed by atoms with E-state index in [-0.39, 0.29) is 6.61 Å². The lowest BCUT2D eigenvalue weighted by Gasteiger charge is -2.25. The lowest BCUT2D eigenvalue weighted by molar-refractivity contribution is 0.281. The average Bonchev–Trinajstić information content (AvgIpc) is 3.23. The van der Waals surface area contributed by atoms with Crippen LogP contribution in [0.4, 0.5) is 17.1 Å². The van der Waals surface area contributed by atoms with Gasteiger partial charge in [-0.05, 0) is 94.1 Å². The van der Waals surface area contributed by atoms with Gasteiger partial charge in [-0.25, -0.2) is 9.69 Å². The Hall–Kier alpha value is -7.18. The Bertz CT molecular complexity index is 2240. The third kappa shape index (κ3) is 9.75. The Morgan fingerprint density at radius 2 is 1.06 bits per heavy atom. The van der Waals surface area contributed by atoms with Gasteiger partial charge in [0.25, 0.3) is 0 Å². The maximum Gasteiger partial charge on any atom is 0.195 e. The van der Waals surface area contributed by atoms with Crippen LogP contribution >= 0.6 is 0 Å². The normalized spacial score (nSPS) is 10.9. The van der Waals surface area contributed by atoms with Crippen molar-refractivity contribution in [3.8, 4) is 5.75 Å². The van der Waals surface area contributed by atoms with Crippen molar-refractivity contribution >= 4 is 52.8 Å². The molecular formula is C48H39N3O2. The van der Waals surface area contributed by atoms with Crippen LogP contribution in [0.2, 0.25) is 0 Å². The molecule has 0 aliphatic heterocycles. The topological polar surface area (TPSA) is 41.4 Å². The van der Waals surface area contributed by atoms with Gasteiger partial charge in [0.2, 0.25) is 0 Å². The van der Waals surface area contributed by atoms with Gasteiger partial charge in [-0.1, -0.05) is 128 Å². The third-order valence-electron chi connectivity index (χ3n) is 8.38. The average molecular weight is 690 g/mol. The monoisotopic (exact) mass is 689 g/mol. The van der Waals surface area contributed by atoms with Crippen LogP contribution in [0.5, 0.6) is 5.75 Å². The van der Waals surface area contributed by atoms with Gasteiger partial charge in [0, 0.05) is 22.6 Å². The molecule has 6 aromatic rings. The van der Waals surface area contributed by atoms with Gasteiger partial charge >= 0.3 is 0 Å². The van der Waals surface area contributed by atoms with E-state index in [4.69, 9.17) is 17.9 Å². The summed E-state index contributed by atoms with van der Waals surface area (Å²) in [6.45, 7) is 22.5. The fraction of sp³-hybridized carbons (Fsp3) is 0.0417. The zero-order chi connectivity index (χ0) is 37.4. The molecule has 0 aliphatic rings. The second-order valence-corrected chi connectivity index (χ2v) is 11.8. The maximum atomic E-state index is 9.26. The first kappa shape index (κ1) is 37.1. The van der Waals surface area contributed by atoms with Crippen molar-refractivity contribution in [2.75, 3.05) is 12.0 Å². The molecule has 0 atom stereocenters. The Morgan fingerprint density at radius 3 is 1.49 bits per heavy atom. The van der Waals surface area contributed by atoms with Gasteiger partial charge in [0.05, 0.1) is 26.9 Å². The molecule has 0 saturated carbocycles. The number of nitrogens with zero attached hydrogens (tertiary/aromatic N) is 3. The van der Waals surface area contributed by atoms with E-state index < -0.39 is 0 Å². The number of hydrogen-bond donors (Lipinski definition) is 1. The Balaban J connectivity index is 0.000000217. The fourth-order valence-corrected chi connectivity index (χ4v) is 5.56. The highest BCUT2D eigenvalue weighted by molar-refractivity contribution is 5.87. The van der Waals surface area contributed by atoms with Gasteiger partial charge in [0.15, 0.2) is 11.4 Å². The second-order valence-electron chi connectivity index (χ2n) is 11.8. The SMILES string of the molecule is [C-]#[N+]/C(=C\c1cc(CO)ccc1OC)c1ccc(C=C)cc1.[C-]#[N+]/C(=C\c1ccc(N(c2ccccc2)c2ccccc2)cc1)c1ccc(C=C)cc1. The molecular weight excluding hydrogens is 651 g/mol. The van der Waals surface area contributed by atoms with E-state index >= 15 is 0 Å². The summed E-state index contributed by atoms with van der Waals surface area (Å²) >= 11 is 0. The van der Waals surface area contributed by atoms with E-state index in [2.05, 4.69) is 76.3 Å². The quantitative estimate of drug-likeness (QED) is 0.109. The molecule has 258 valence electrons. The minimum absolute atomic E-state index is 0.0494. The minimum atomic E-state index is -0.0494. The molecule has 0 aromatic heterocycles. The summed E-state index contributed by atoms with van der Waals surface area (Å²) in [5.74, 6) is 0.668. The molecule has 0 spiro atoms. The number of para-hydroxylation sites is 2. The third-order valence-corrected chi connectivity index (χ3v) is 8.38. The zero-order valence-electron chi connectivity index (χ0n) is 29.6. The van der Waals surface area contributed by atoms with Crippen molar-refractivity contribution in [1.29, 1.82) is 0 Å². The number of hydrogen-bond acceptors (Lipinski definition) is 3. The minimum Gasteiger partial charge on any atom is -0.496 e. The van der Waals surface area contributed by atoms with Crippen LogP contribution < -0.4 is 9.64 Å². The standard InChI is InChI=1S/C29H22N2.C19H17NO2/c1-3-23-14-18-25(19-15-23)29(30-2)22-24-16-20-28(21-17-24)31(26-10-6-4-7-11-26)27-12-8-5-9-13-27;1-4-14-5-8-16(9-6-14)18(20-2)12-17-11-15(13-21)7-10-19(17)22-3/h3-22H,1H2;4-12,21H,1,13H2,3H3/b29-22-;18-12-. The summed E-state index contributed by atoms with van der Waals surface area (Å²) in [6, 6.07) is 49.8. The smallest absolute Gasteiger partial charge is 0.195 e. The van der Waals surface area contributed by atoms with Gasteiger partial charge in [-0.3, -0.25) is 0 Å². The molecule has 0 heterocycles. The molecule has 5 nitrogen and oxygen atoms in total. The Kier molecular flexibility index (Phi) is 13.1. The van der Waals surface area contributed by atoms with Crippen LogP contribution in [0.3, 0.4) is 0 Å². The number of aliphatic hydroxyl groups excluding tert-OH is 1. The van der Waals surface area contributed by atoms with Crippen LogP contribution in [0.15, 0.2) is 165 Å². The molecule has 0 saturated heterocycles. The van der Waals surface area contributed by atoms with Crippen LogP contribution in [-0.2, 0) is 6.61 Å². The molecule has 5 heteroatoms. The molecule has 0 amide bonds. The van der Waals surface area contributed by atoms with Crippen LogP contribution in [0, 0.1) is 13.1 Å². The summed E-state index contributed by atoms with van der Waals surface area (Å²) in [6.07, 6.45) is 7.26. The summed E-state index contributed by atoms with van der Waals surface area (Å²) in [5.41, 5.74) is 10.7. The van der Waals surface area contributed by atoms with Crippen LogP contribution in [0.1, 0.15) is 38.9 Å². The zero-order valence-corrected chi connectivity index (χ0v) is 29.6. The van der Waals surface area contributed by atoms with Crippen molar-refractivity contribution in [3.63, 3.8) is 0 Å². The summed E-state index contributed by atoms with van der Waals surface area (Å²) < 4.78 is 5.32.